The summed E-state index contributed by atoms with van der Waals surface area (Å²) in [5.74, 6) is -1.77. The van der Waals surface area contributed by atoms with E-state index in [1.807, 2.05) is 6.07 Å². The number of carboxylic acid groups (broad SMARTS) is 1. The minimum atomic E-state index is -4.01. The van der Waals surface area contributed by atoms with E-state index >= 15 is 0 Å². The molecule has 0 unspecified atom stereocenters. The summed E-state index contributed by atoms with van der Waals surface area (Å²) in [6, 6.07) is 7.48. The number of hydrogen-bond donors (Lipinski definition) is 2. The normalized spacial score (nSPS) is 17.2. The highest BCUT2D eigenvalue weighted by atomic mass is 32.2. The van der Waals surface area contributed by atoms with E-state index in [1.54, 1.807) is 24.3 Å². The Kier molecular flexibility index (Phi) is 7.20. The highest BCUT2D eigenvalue weighted by Crippen LogP contribution is 2.40. The van der Waals surface area contributed by atoms with Crippen molar-refractivity contribution in [3.63, 3.8) is 0 Å². The van der Waals surface area contributed by atoms with Gasteiger partial charge in [0.1, 0.15) is 11.8 Å². The average molecular weight is 399 g/mol. The zero-order chi connectivity index (χ0) is 19.9. The second-order valence-corrected chi connectivity index (χ2v) is 8.45. The molecular formula is C18H25NO7S. The maximum absolute atomic E-state index is 12.5. The molecule has 27 heavy (non-hydrogen) atoms. The van der Waals surface area contributed by atoms with E-state index in [4.69, 9.17) is 9.47 Å². The number of hydrogen-bond acceptors (Lipinski definition) is 6. The second kappa shape index (κ2) is 9.18. The van der Waals surface area contributed by atoms with E-state index in [2.05, 4.69) is 4.72 Å². The van der Waals surface area contributed by atoms with Gasteiger partial charge in [-0.05, 0) is 25.0 Å². The molecule has 0 heterocycles. The second-order valence-electron chi connectivity index (χ2n) is 6.70. The fourth-order valence-electron chi connectivity index (χ4n) is 3.34. The third-order valence-corrected chi connectivity index (χ3v) is 6.26. The molecule has 1 aliphatic carbocycles. The molecule has 1 saturated carbocycles. The number of carbonyl (C=O) groups excluding carboxylic acids is 1. The van der Waals surface area contributed by atoms with Gasteiger partial charge in [-0.3, -0.25) is 9.59 Å². The third kappa shape index (κ3) is 5.93. The van der Waals surface area contributed by atoms with Crippen molar-refractivity contribution < 1.29 is 32.6 Å². The number of nitrogens with one attached hydrogen (secondary N) is 1. The van der Waals surface area contributed by atoms with Crippen molar-refractivity contribution in [3.05, 3.63) is 30.3 Å². The summed E-state index contributed by atoms with van der Waals surface area (Å²) < 4.78 is 37.5. The molecule has 2 N–H and O–H groups in total. The van der Waals surface area contributed by atoms with Gasteiger partial charge in [-0.1, -0.05) is 31.0 Å². The van der Waals surface area contributed by atoms with Crippen molar-refractivity contribution in [1.29, 1.82) is 0 Å². The van der Waals surface area contributed by atoms with Crippen LogP contribution in [0.25, 0.3) is 0 Å². The fraction of sp³-hybridized carbons (Fsp3) is 0.556. The van der Waals surface area contributed by atoms with Gasteiger partial charge in [0.25, 0.3) is 0 Å². The molecule has 1 aromatic rings. The number of benzene rings is 1. The average Bonchev–Trinajstić information content (AvgIpc) is 3.09. The number of sulfonamides is 1. The standard InChI is InChI=1S/C18H25NO7S/c1-25-17(22)18(10-5-6-11-18)13-27(23,24)19-15(16(20)21)9-12-26-14-7-3-2-4-8-14/h2-4,7-8,15,19H,5-6,9-13H2,1H3,(H,20,21)/t15-/m0/s1. The van der Waals surface area contributed by atoms with Crippen molar-refractivity contribution in [3.8, 4) is 5.75 Å². The Bertz CT molecular complexity index is 742. The topological polar surface area (TPSA) is 119 Å². The lowest BCUT2D eigenvalue weighted by Crippen LogP contribution is -2.47. The number of methoxy groups -OCH3 is 1. The lowest BCUT2D eigenvalue weighted by Gasteiger charge is -2.26. The Morgan fingerprint density at radius 2 is 1.85 bits per heavy atom. The number of carboxylic acids is 1. The molecule has 2 rings (SSSR count). The molecule has 0 aromatic heterocycles. The first-order valence-electron chi connectivity index (χ1n) is 8.77. The first kappa shape index (κ1) is 21.2. The molecule has 1 aromatic carbocycles. The van der Waals surface area contributed by atoms with Crippen LogP contribution in [0.3, 0.4) is 0 Å². The Morgan fingerprint density at radius 3 is 2.41 bits per heavy atom. The van der Waals surface area contributed by atoms with Gasteiger partial charge in [0, 0.05) is 6.42 Å². The molecule has 1 atom stereocenters. The van der Waals surface area contributed by atoms with Crippen LogP contribution >= 0.6 is 0 Å². The van der Waals surface area contributed by atoms with Gasteiger partial charge in [0.2, 0.25) is 10.0 Å². The van der Waals surface area contributed by atoms with Crippen LogP contribution in [0.1, 0.15) is 32.1 Å². The van der Waals surface area contributed by atoms with Gasteiger partial charge < -0.3 is 14.6 Å². The van der Waals surface area contributed by atoms with Gasteiger partial charge in [-0.25, -0.2) is 13.1 Å². The molecule has 150 valence electrons. The lowest BCUT2D eigenvalue weighted by molar-refractivity contribution is -0.151. The first-order valence-corrected chi connectivity index (χ1v) is 10.4. The van der Waals surface area contributed by atoms with E-state index < -0.39 is 39.2 Å². The van der Waals surface area contributed by atoms with E-state index in [0.717, 1.165) is 12.8 Å². The van der Waals surface area contributed by atoms with E-state index in [0.29, 0.717) is 18.6 Å². The summed E-state index contributed by atoms with van der Waals surface area (Å²) in [6.07, 6.45) is 2.25. The molecule has 0 amide bonds. The number of para-hydroxylation sites is 1. The number of esters is 1. The molecule has 0 bridgehead atoms. The van der Waals surface area contributed by atoms with E-state index in [-0.39, 0.29) is 13.0 Å². The number of aliphatic carboxylic acids is 1. The zero-order valence-corrected chi connectivity index (χ0v) is 16.0. The summed E-state index contributed by atoms with van der Waals surface area (Å²) in [4.78, 5) is 23.6. The number of ether oxygens (including phenoxy) is 2. The van der Waals surface area contributed by atoms with Crippen LogP contribution < -0.4 is 9.46 Å². The molecule has 0 radical (unpaired) electrons. The van der Waals surface area contributed by atoms with Crippen LogP contribution in [-0.2, 0) is 24.3 Å². The Labute approximate surface area is 158 Å². The summed E-state index contributed by atoms with van der Waals surface area (Å²) in [7, 11) is -2.78. The molecule has 0 saturated heterocycles. The van der Waals surface area contributed by atoms with Crippen molar-refractivity contribution in [2.45, 2.75) is 38.1 Å². The molecular weight excluding hydrogens is 374 g/mol. The van der Waals surface area contributed by atoms with Gasteiger partial charge >= 0.3 is 11.9 Å². The van der Waals surface area contributed by atoms with Crippen LogP contribution in [-0.4, -0.2) is 51.0 Å². The smallest absolute Gasteiger partial charge is 0.321 e. The van der Waals surface area contributed by atoms with Crippen LogP contribution in [0.4, 0.5) is 0 Å². The highest BCUT2D eigenvalue weighted by Gasteiger charge is 2.46. The summed E-state index contributed by atoms with van der Waals surface area (Å²) in [5, 5.41) is 9.34. The summed E-state index contributed by atoms with van der Waals surface area (Å²) in [6.45, 7) is 0.0334. The van der Waals surface area contributed by atoms with Gasteiger partial charge in [-0.15, -0.1) is 0 Å². The van der Waals surface area contributed by atoms with Crippen LogP contribution in [0.15, 0.2) is 30.3 Å². The first-order chi connectivity index (χ1) is 12.8. The van der Waals surface area contributed by atoms with E-state index in [9.17, 15) is 23.1 Å². The molecule has 1 fully saturated rings. The van der Waals surface area contributed by atoms with Crippen molar-refractivity contribution >= 4 is 22.0 Å². The monoisotopic (exact) mass is 399 g/mol. The van der Waals surface area contributed by atoms with Crippen molar-refractivity contribution in [2.75, 3.05) is 19.5 Å². The largest absolute Gasteiger partial charge is 0.494 e. The Hall–Kier alpha value is -2.13. The predicted molar refractivity (Wildman–Crippen MR) is 97.8 cm³/mol. The van der Waals surface area contributed by atoms with Gasteiger partial charge in [0.05, 0.1) is 24.9 Å². The quantitative estimate of drug-likeness (QED) is 0.573. The SMILES string of the molecule is COC(=O)C1(CS(=O)(=O)N[C@@H](CCOc2ccccc2)C(=O)O)CCCC1. The number of rotatable bonds is 10. The minimum Gasteiger partial charge on any atom is -0.494 e. The molecule has 1 aliphatic rings. The zero-order valence-electron chi connectivity index (χ0n) is 15.2. The Morgan fingerprint density at radius 1 is 1.22 bits per heavy atom. The van der Waals surface area contributed by atoms with E-state index in [1.165, 1.54) is 7.11 Å². The maximum atomic E-state index is 12.5. The summed E-state index contributed by atoms with van der Waals surface area (Å²) in [5.41, 5.74) is -1.11. The summed E-state index contributed by atoms with van der Waals surface area (Å²) >= 11 is 0. The maximum Gasteiger partial charge on any atom is 0.321 e. The van der Waals surface area contributed by atoms with Crippen molar-refractivity contribution in [2.24, 2.45) is 5.41 Å². The molecule has 0 spiro atoms. The van der Waals surface area contributed by atoms with Crippen LogP contribution in [0.5, 0.6) is 5.75 Å². The molecule has 0 aliphatic heterocycles. The van der Waals surface area contributed by atoms with Crippen LogP contribution in [0, 0.1) is 5.41 Å². The number of carbonyl (C=O) groups is 2. The third-order valence-electron chi connectivity index (χ3n) is 4.68. The lowest BCUT2D eigenvalue weighted by atomic mass is 9.89. The fourth-order valence-corrected chi connectivity index (χ4v) is 5.21. The van der Waals surface area contributed by atoms with Crippen molar-refractivity contribution in [1.82, 2.24) is 4.72 Å². The predicted octanol–water partition coefficient (Wildman–Crippen LogP) is 1.56. The Balaban J connectivity index is 1.99. The highest BCUT2D eigenvalue weighted by molar-refractivity contribution is 7.89. The molecule has 8 nitrogen and oxygen atoms in total. The van der Waals surface area contributed by atoms with Gasteiger partial charge in [-0.2, -0.15) is 0 Å². The molecule has 9 heteroatoms. The van der Waals surface area contributed by atoms with Gasteiger partial charge in [0.15, 0.2) is 0 Å². The minimum absolute atomic E-state index is 0.0334. The van der Waals surface area contributed by atoms with Crippen LogP contribution in [0.2, 0.25) is 0 Å².